The van der Waals surface area contributed by atoms with Crippen LogP contribution in [-0.2, 0) is 4.79 Å². The molecule has 0 saturated carbocycles. The number of methoxy groups -OCH3 is 1. The standard InChI is InChI=1S/C20H22N2O3/c1-3-7-17(16-8-5-4-6-9-16)22-20(23)14-25-18-11-10-15(13-21)12-19(18)24-2/h4-6,8-12,17H,3,7,14H2,1-2H3,(H,22,23)/t17-/m1/s1. The highest BCUT2D eigenvalue weighted by molar-refractivity contribution is 5.78. The quantitative estimate of drug-likeness (QED) is 0.798. The zero-order valence-corrected chi connectivity index (χ0v) is 14.5. The molecule has 0 saturated heterocycles. The van der Waals surface area contributed by atoms with Crippen LogP contribution in [0.4, 0.5) is 0 Å². The summed E-state index contributed by atoms with van der Waals surface area (Å²) in [5.74, 6) is 0.664. The molecule has 130 valence electrons. The summed E-state index contributed by atoms with van der Waals surface area (Å²) in [6, 6.07) is 16.7. The molecule has 0 aliphatic heterocycles. The predicted molar refractivity (Wildman–Crippen MR) is 95.4 cm³/mol. The van der Waals surface area contributed by atoms with Crippen LogP contribution in [0.5, 0.6) is 11.5 Å². The lowest BCUT2D eigenvalue weighted by atomic mass is 10.0. The van der Waals surface area contributed by atoms with E-state index in [2.05, 4.69) is 12.2 Å². The second kappa shape index (κ2) is 9.33. The van der Waals surface area contributed by atoms with Gasteiger partial charge in [-0.15, -0.1) is 0 Å². The van der Waals surface area contributed by atoms with Crippen molar-refractivity contribution in [2.75, 3.05) is 13.7 Å². The van der Waals surface area contributed by atoms with Crippen molar-refractivity contribution >= 4 is 5.91 Å². The van der Waals surface area contributed by atoms with Crippen molar-refractivity contribution in [1.82, 2.24) is 5.32 Å². The maximum absolute atomic E-state index is 12.3. The molecular formula is C20H22N2O3. The van der Waals surface area contributed by atoms with Crippen molar-refractivity contribution in [2.45, 2.75) is 25.8 Å². The van der Waals surface area contributed by atoms with Crippen molar-refractivity contribution < 1.29 is 14.3 Å². The number of ether oxygens (including phenoxy) is 2. The van der Waals surface area contributed by atoms with E-state index in [4.69, 9.17) is 14.7 Å². The highest BCUT2D eigenvalue weighted by Crippen LogP contribution is 2.27. The van der Waals surface area contributed by atoms with Gasteiger partial charge in [0.05, 0.1) is 24.8 Å². The second-order valence-corrected chi connectivity index (χ2v) is 5.59. The van der Waals surface area contributed by atoms with Crippen molar-refractivity contribution in [2.24, 2.45) is 0 Å². The number of carbonyl (C=O) groups is 1. The number of carbonyl (C=O) groups excluding carboxylic acids is 1. The van der Waals surface area contributed by atoms with E-state index in [9.17, 15) is 4.79 Å². The van der Waals surface area contributed by atoms with Crippen molar-refractivity contribution in [3.63, 3.8) is 0 Å². The molecule has 0 aromatic heterocycles. The number of nitriles is 1. The van der Waals surface area contributed by atoms with Gasteiger partial charge in [0.25, 0.3) is 5.91 Å². The molecule has 2 aromatic carbocycles. The summed E-state index contributed by atoms with van der Waals surface area (Å²) in [7, 11) is 1.50. The highest BCUT2D eigenvalue weighted by atomic mass is 16.5. The summed E-state index contributed by atoms with van der Waals surface area (Å²) in [6.07, 6.45) is 1.82. The normalized spacial score (nSPS) is 11.2. The number of hydrogen-bond donors (Lipinski definition) is 1. The van der Waals surface area contributed by atoms with Crippen LogP contribution in [0.1, 0.15) is 36.9 Å². The monoisotopic (exact) mass is 338 g/mol. The first kappa shape index (κ1) is 18.3. The first-order valence-corrected chi connectivity index (χ1v) is 8.23. The minimum Gasteiger partial charge on any atom is -0.493 e. The average Bonchev–Trinajstić information content (AvgIpc) is 2.66. The van der Waals surface area contributed by atoms with Gasteiger partial charge in [-0.05, 0) is 24.1 Å². The lowest BCUT2D eigenvalue weighted by molar-refractivity contribution is -0.123. The minimum atomic E-state index is -0.200. The zero-order chi connectivity index (χ0) is 18.1. The van der Waals surface area contributed by atoms with Crippen LogP contribution in [0.25, 0.3) is 0 Å². The zero-order valence-electron chi connectivity index (χ0n) is 14.5. The number of benzene rings is 2. The van der Waals surface area contributed by atoms with Gasteiger partial charge in [-0.1, -0.05) is 43.7 Å². The molecule has 0 spiro atoms. The largest absolute Gasteiger partial charge is 0.493 e. The lowest BCUT2D eigenvalue weighted by Crippen LogP contribution is -2.32. The Morgan fingerprint density at radius 3 is 2.60 bits per heavy atom. The van der Waals surface area contributed by atoms with Crippen molar-refractivity contribution in [3.05, 3.63) is 59.7 Å². The van der Waals surface area contributed by atoms with E-state index < -0.39 is 0 Å². The first-order valence-electron chi connectivity index (χ1n) is 8.23. The third-order valence-corrected chi connectivity index (χ3v) is 3.77. The molecule has 5 nitrogen and oxygen atoms in total. The fraction of sp³-hybridized carbons (Fsp3) is 0.300. The summed E-state index contributed by atoms with van der Waals surface area (Å²) < 4.78 is 10.8. The molecule has 1 atom stereocenters. The van der Waals surface area contributed by atoms with E-state index in [0.717, 1.165) is 18.4 Å². The molecule has 5 heteroatoms. The van der Waals surface area contributed by atoms with Gasteiger partial charge in [-0.3, -0.25) is 4.79 Å². The summed E-state index contributed by atoms with van der Waals surface area (Å²) in [4.78, 5) is 12.3. The molecule has 0 aliphatic rings. The van der Waals surface area contributed by atoms with E-state index in [0.29, 0.717) is 17.1 Å². The summed E-state index contributed by atoms with van der Waals surface area (Å²) in [5.41, 5.74) is 1.55. The maximum Gasteiger partial charge on any atom is 0.258 e. The third-order valence-electron chi connectivity index (χ3n) is 3.77. The predicted octanol–water partition coefficient (Wildman–Crippen LogP) is 3.60. The molecule has 0 radical (unpaired) electrons. The van der Waals surface area contributed by atoms with Crippen LogP contribution in [-0.4, -0.2) is 19.6 Å². The maximum atomic E-state index is 12.3. The minimum absolute atomic E-state index is 0.0369. The Morgan fingerprint density at radius 2 is 1.96 bits per heavy atom. The molecule has 1 amide bonds. The molecular weight excluding hydrogens is 316 g/mol. The van der Waals surface area contributed by atoms with E-state index in [1.54, 1.807) is 18.2 Å². The van der Waals surface area contributed by atoms with Gasteiger partial charge in [-0.25, -0.2) is 0 Å². The lowest BCUT2D eigenvalue weighted by Gasteiger charge is -2.19. The molecule has 2 rings (SSSR count). The van der Waals surface area contributed by atoms with E-state index >= 15 is 0 Å². The average molecular weight is 338 g/mol. The van der Waals surface area contributed by atoms with Crippen LogP contribution >= 0.6 is 0 Å². The van der Waals surface area contributed by atoms with Crippen molar-refractivity contribution in [3.8, 4) is 17.6 Å². The van der Waals surface area contributed by atoms with Gasteiger partial charge in [0, 0.05) is 6.07 Å². The number of nitrogens with one attached hydrogen (secondary N) is 1. The molecule has 25 heavy (non-hydrogen) atoms. The SMILES string of the molecule is CCC[C@@H](NC(=O)COc1ccc(C#N)cc1OC)c1ccccc1. The van der Waals surface area contributed by atoms with Crippen LogP contribution in [0.3, 0.4) is 0 Å². The number of amides is 1. The molecule has 0 unspecified atom stereocenters. The molecule has 2 aromatic rings. The molecule has 0 bridgehead atoms. The Labute approximate surface area is 148 Å². The van der Waals surface area contributed by atoms with E-state index in [-0.39, 0.29) is 18.6 Å². The Kier molecular flexibility index (Phi) is 6.85. The third kappa shape index (κ3) is 5.25. The van der Waals surface area contributed by atoms with Crippen LogP contribution in [0.15, 0.2) is 48.5 Å². The fourth-order valence-electron chi connectivity index (χ4n) is 2.53. The Balaban J connectivity index is 1.99. The van der Waals surface area contributed by atoms with Gasteiger partial charge < -0.3 is 14.8 Å². The molecule has 0 aliphatic carbocycles. The number of rotatable bonds is 8. The van der Waals surface area contributed by atoms with Crippen LogP contribution < -0.4 is 14.8 Å². The van der Waals surface area contributed by atoms with Gasteiger partial charge in [-0.2, -0.15) is 5.26 Å². The molecule has 0 heterocycles. The first-order chi connectivity index (χ1) is 12.2. The number of hydrogen-bond acceptors (Lipinski definition) is 4. The van der Waals surface area contributed by atoms with Gasteiger partial charge in [0.1, 0.15) is 0 Å². The van der Waals surface area contributed by atoms with Gasteiger partial charge >= 0.3 is 0 Å². The summed E-state index contributed by atoms with van der Waals surface area (Å²) >= 11 is 0. The Bertz CT molecular complexity index is 738. The van der Waals surface area contributed by atoms with Gasteiger partial charge in [0.2, 0.25) is 0 Å². The molecule has 1 N–H and O–H groups in total. The smallest absolute Gasteiger partial charge is 0.258 e. The van der Waals surface area contributed by atoms with Crippen LogP contribution in [0, 0.1) is 11.3 Å². The highest BCUT2D eigenvalue weighted by Gasteiger charge is 2.15. The van der Waals surface area contributed by atoms with Crippen molar-refractivity contribution in [1.29, 1.82) is 5.26 Å². The van der Waals surface area contributed by atoms with Gasteiger partial charge in [0.15, 0.2) is 18.1 Å². The Morgan fingerprint density at radius 1 is 1.20 bits per heavy atom. The van der Waals surface area contributed by atoms with Crippen LogP contribution in [0.2, 0.25) is 0 Å². The van der Waals surface area contributed by atoms with E-state index in [1.165, 1.54) is 7.11 Å². The second-order valence-electron chi connectivity index (χ2n) is 5.59. The summed E-state index contributed by atoms with van der Waals surface area (Å²) in [5, 5.41) is 11.9. The Hall–Kier alpha value is -3.00. The number of nitrogens with zero attached hydrogens (tertiary/aromatic N) is 1. The summed E-state index contributed by atoms with van der Waals surface area (Å²) in [6.45, 7) is 1.97. The topological polar surface area (TPSA) is 71.3 Å². The van der Waals surface area contributed by atoms with E-state index in [1.807, 2.05) is 36.4 Å². The fourth-order valence-corrected chi connectivity index (χ4v) is 2.53. The molecule has 0 fully saturated rings.